The van der Waals surface area contributed by atoms with Crippen LogP contribution in [0.4, 0.5) is 11.4 Å². The first-order chi connectivity index (χ1) is 34.2. The molecule has 0 amide bonds. The lowest BCUT2D eigenvalue weighted by atomic mass is 9.70. The number of nitrogens with zero attached hydrogens (tertiary/aromatic N) is 1. The molecule has 69 heavy (non-hydrogen) atoms. The zero-order valence-electron chi connectivity index (χ0n) is 37.7. The average molecular weight is 878 g/mol. The molecule has 0 fully saturated rings. The molecule has 3 aliphatic carbocycles. The number of fused-ring (bicyclic) bond motifs is 17. The predicted molar refractivity (Wildman–Crippen MR) is 289 cm³/mol. The Labute approximate surface area is 400 Å². The maximum absolute atomic E-state index is 6.71. The van der Waals surface area contributed by atoms with Gasteiger partial charge in [-0.2, -0.15) is 0 Å². The van der Waals surface area contributed by atoms with Gasteiger partial charge >= 0.3 is 0 Å². The number of benzene rings is 11. The third kappa shape index (κ3) is 5.37. The highest BCUT2D eigenvalue weighted by atomic mass is 16.3. The minimum atomic E-state index is -0.460. The van der Waals surface area contributed by atoms with Crippen molar-refractivity contribution in [3.8, 4) is 33.4 Å². The third-order valence-corrected chi connectivity index (χ3v) is 15.6. The Balaban J connectivity index is 0.966. The number of para-hydroxylation sites is 1. The highest BCUT2D eigenvalue weighted by molar-refractivity contribution is 6.17. The van der Waals surface area contributed by atoms with E-state index in [1.807, 2.05) is 0 Å². The molecule has 0 bridgehead atoms. The van der Waals surface area contributed by atoms with Gasteiger partial charge in [0.05, 0.1) is 11.5 Å². The van der Waals surface area contributed by atoms with E-state index in [0.29, 0.717) is 0 Å². The van der Waals surface area contributed by atoms with Crippen molar-refractivity contribution in [2.75, 3.05) is 4.90 Å². The van der Waals surface area contributed by atoms with Crippen LogP contribution in [0.25, 0.3) is 93.2 Å². The minimum Gasteiger partial charge on any atom is -0.456 e. The second-order valence-electron chi connectivity index (χ2n) is 19.0. The normalized spacial score (nSPS) is 15.2. The Bertz CT molecular complexity index is 4160. The number of hydrogen-bond donors (Lipinski definition) is 0. The lowest BCUT2D eigenvalue weighted by Gasteiger charge is -2.37. The monoisotopic (exact) mass is 877 g/mol. The maximum atomic E-state index is 6.71. The predicted octanol–water partition coefficient (Wildman–Crippen LogP) is 17.6. The molecule has 1 atom stereocenters. The molecule has 2 nitrogen and oxygen atoms in total. The summed E-state index contributed by atoms with van der Waals surface area (Å²) < 4.78 is 6.71. The fraction of sp³-hybridized carbons (Fsp3) is 0.0448. The molecule has 15 rings (SSSR count). The Kier molecular flexibility index (Phi) is 8.15. The van der Waals surface area contributed by atoms with Crippen molar-refractivity contribution < 1.29 is 4.42 Å². The van der Waals surface area contributed by atoms with Crippen LogP contribution in [0.1, 0.15) is 34.2 Å². The van der Waals surface area contributed by atoms with Gasteiger partial charge in [0.15, 0.2) is 0 Å². The smallest absolute Gasteiger partial charge is 0.136 e. The van der Waals surface area contributed by atoms with Crippen LogP contribution in [-0.4, -0.2) is 6.04 Å². The molecule has 322 valence electrons. The number of allylic oxidation sites excluding steroid dienone is 2. The molecule has 11 aromatic carbocycles. The molecule has 0 N–H and O–H groups in total. The van der Waals surface area contributed by atoms with Crippen molar-refractivity contribution in [3.63, 3.8) is 0 Å². The van der Waals surface area contributed by atoms with Gasteiger partial charge in [-0.05, 0) is 125 Å². The molecule has 3 aliphatic rings. The number of hydrogen-bond acceptors (Lipinski definition) is 2. The summed E-state index contributed by atoms with van der Waals surface area (Å²) in [5.74, 6) is 0. The van der Waals surface area contributed by atoms with Gasteiger partial charge in [-0.3, -0.25) is 0 Å². The number of anilines is 2. The van der Waals surface area contributed by atoms with Gasteiger partial charge in [0.2, 0.25) is 0 Å². The van der Waals surface area contributed by atoms with Gasteiger partial charge in [-0.15, -0.1) is 0 Å². The summed E-state index contributed by atoms with van der Waals surface area (Å²) in [4.78, 5) is 2.66. The molecule has 0 saturated carbocycles. The molecule has 1 unspecified atom stereocenters. The van der Waals surface area contributed by atoms with Crippen LogP contribution < -0.4 is 4.90 Å². The van der Waals surface area contributed by atoms with Gasteiger partial charge in [0.1, 0.15) is 11.2 Å². The second-order valence-corrected chi connectivity index (χ2v) is 19.0. The van der Waals surface area contributed by atoms with Crippen molar-refractivity contribution in [1.29, 1.82) is 0 Å². The van der Waals surface area contributed by atoms with E-state index in [-0.39, 0.29) is 6.04 Å². The van der Waals surface area contributed by atoms with Gasteiger partial charge in [-0.25, -0.2) is 0 Å². The summed E-state index contributed by atoms with van der Waals surface area (Å²) in [6.07, 6.45) is 8.13. The van der Waals surface area contributed by atoms with Crippen LogP contribution >= 0.6 is 0 Å². The fourth-order valence-electron chi connectivity index (χ4n) is 12.8. The van der Waals surface area contributed by atoms with E-state index in [9.17, 15) is 0 Å². The van der Waals surface area contributed by atoms with Crippen LogP contribution in [0, 0.1) is 0 Å². The molecular weight excluding hydrogens is 835 g/mol. The largest absolute Gasteiger partial charge is 0.456 e. The van der Waals surface area contributed by atoms with Gasteiger partial charge < -0.3 is 9.32 Å². The molecule has 0 radical (unpaired) electrons. The van der Waals surface area contributed by atoms with Crippen LogP contribution in [0.5, 0.6) is 0 Å². The molecular formula is C67H43NO. The van der Waals surface area contributed by atoms with Crippen molar-refractivity contribution in [1.82, 2.24) is 0 Å². The van der Waals surface area contributed by atoms with E-state index < -0.39 is 5.41 Å². The van der Waals surface area contributed by atoms with Crippen LogP contribution in [0.3, 0.4) is 0 Å². The molecule has 0 saturated heterocycles. The average Bonchev–Trinajstić information content (AvgIpc) is 4.04. The summed E-state index contributed by atoms with van der Waals surface area (Å²) in [5.41, 5.74) is 19.1. The quantitative estimate of drug-likeness (QED) is 0.160. The number of furan rings is 1. The van der Waals surface area contributed by atoms with Crippen molar-refractivity contribution in [2.45, 2.75) is 17.9 Å². The second kappa shape index (κ2) is 14.6. The first-order valence-corrected chi connectivity index (χ1v) is 24.2. The first-order valence-electron chi connectivity index (χ1n) is 24.2. The van der Waals surface area contributed by atoms with Crippen molar-refractivity contribution in [3.05, 3.63) is 271 Å². The maximum Gasteiger partial charge on any atom is 0.136 e. The molecule has 12 aromatic rings. The van der Waals surface area contributed by atoms with Gasteiger partial charge in [0.25, 0.3) is 0 Å². The van der Waals surface area contributed by atoms with E-state index in [4.69, 9.17) is 4.42 Å². The van der Waals surface area contributed by atoms with E-state index >= 15 is 0 Å². The Morgan fingerprint density at radius 1 is 0.391 bits per heavy atom. The topological polar surface area (TPSA) is 16.4 Å². The zero-order valence-corrected chi connectivity index (χ0v) is 37.7. The summed E-state index contributed by atoms with van der Waals surface area (Å²) >= 11 is 0. The third-order valence-electron chi connectivity index (χ3n) is 15.6. The summed E-state index contributed by atoms with van der Waals surface area (Å²) in [7, 11) is 0. The lowest BCUT2D eigenvalue weighted by molar-refractivity contribution is 0.669. The van der Waals surface area contributed by atoms with Crippen LogP contribution in [0.2, 0.25) is 0 Å². The van der Waals surface area contributed by atoms with E-state index in [0.717, 1.165) is 39.6 Å². The Hall–Kier alpha value is -8.72. The highest BCUT2D eigenvalue weighted by Gasteiger charge is 2.52. The van der Waals surface area contributed by atoms with Gasteiger partial charge in [0, 0.05) is 33.3 Å². The summed E-state index contributed by atoms with van der Waals surface area (Å²) in [5, 5.41) is 9.76. The van der Waals surface area contributed by atoms with Crippen molar-refractivity contribution >= 4 is 71.2 Å². The van der Waals surface area contributed by atoms with Crippen LogP contribution in [-0.2, 0) is 5.41 Å². The SMILES string of the molecule is C1=CC(N(c2ccccc2-c2cccc3oc4cc5ccccc5cc4c23)c2cccc3c2-c2ccccc2C32c3ccccc3-c3ccccc32)CC=C1c1cccc2c1ccc1ccccc12. The lowest BCUT2D eigenvalue weighted by Crippen LogP contribution is -2.31. The molecule has 1 aromatic heterocycles. The van der Waals surface area contributed by atoms with E-state index in [2.05, 4.69) is 248 Å². The van der Waals surface area contributed by atoms with Gasteiger partial charge in [-0.1, -0.05) is 212 Å². The fourth-order valence-corrected chi connectivity index (χ4v) is 12.8. The number of rotatable bonds is 5. The molecule has 1 heterocycles. The zero-order chi connectivity index (χ0) is 45.2. The minimum absolute atomic E-state index is 0.00619. The van der Waals surface area contributed by atoms with Crippen molar-refractivity contribution in [2.24, 2.45) is 0 Å². The molecule has 0 aliphatic heterocycles. The molecule has 2 heteroatoms. The van der Waals surface area contributed by atoms with E-state index in [1.54, 1.807) is 0 Å². The standard InChI is InChI=1S/C67H43NO/c1-2-18-45-41-64-56(40-44(45)17-1)65-54(26-14-33-63(65)69-64)53-22-8-12-31-61(53)68(46-37-34-43(35-38-46)48-24-13-25-49-47-19-4-3-16-42(47)36-39-50(48)49)62-32-15-30-60-66(62)55-23-7-11-29-59(55)67(60)57-27-9-5-20-51(57)52-21-6-10-28-58(52)67/h1-37,39-41,46H,38H2. The highest BCUT2D eigenvalue weighted by Crippen LogP contribution is 2.64. The molecule has 1 spiro atoms. The van der Waals surface area contributed by atoms with Crippen LogP contribution in [0.15, 0.2) is 247 Å². The summed E-state index contributed by atoms with van der Waals surface area (Å²) in [6.45, 7) is 0. The Morgan fingerprint density at radius 2 is 0.971 bits per heavy atom. The van der Waals surface area contributed by atoms with E-state index in [1.165, 1.54) is 99.2 Å². The first kappa shape index (κ1) is 38.4. The Morgan fingerprint density at radius 3 is 1.75 bits per heavy atom. The summed E-state index contributed by atoms with van der Waals surface area (Å²) in [6, 6.07) is 83.2.